The maximum atomic E-state index is 6.51. The van der Waals surface area contributed by atoms with Gasteiger partial charge in [0.1, 0.15) is 6.04 Å². The third kappa shape index (κ3) is 1.45. The molecule has 0 bridgehead atoms. The highest BCUT2D eigenvalue weighted by molar-refractivity contribution is 6.64. The third-order valence-electron chi connectivity index (χ3n) is 5.40. The highest BCUT2D eigenvalue weighted by Crippen LogP contribution is 2.43. The third-order valence-corrected chi connectivity index (χ3v) is 5.40. The number of hydrogen-bond acceptors (Lipinski definition) is 1. The van der Waals surface area contributed by atoms with E-state index in [0.29, 0.717) is 12.0 Å². The van der Waals surface area contributed by atoms with Gasteiger partial charge in [0.15, 0.2) is 5.71 Å². The molecule has 0 aromatic heterocycles. The van der Waals surface area contributed by atoms with Crippen LogP contribution < -0.4 is 5.46 Å². The minimum Gasteiger partial charge on any atom is -0.364 e. The van der Waals surface area contributed by atoms with Crippen LogP contribution >= 0.6 is 0 Å². The van der Waals surface area contributed by atoms with Crippen LogP contribution in [0.25, 0.3) is 0 Å². The maximum Gasteiger partial charge on any atom is 0.692 e. The second-order valence-corrected chi connectivity index (χ2v) is 6.76. The second-order valence-electron chi connectivity index (χ2n) is 6.76. The van der Waals surface area contributed by atoms with E-state index in [9.17, 15) is 0 Å². The van der Waals surface area contributed by atoms with Crippen molar-refractivity contribution in [2.45, 2.75) is 51.7 Å². The summed E-state index contributed by atoms with van der Waals surface area (Å²) in [4.78, 5) is 0. The number of rotatable bonds is 0. The van der Waals surface area contributed by atoms with Gasteiger partial charge in [0.25, 0.3) is 0 Å². The van der Waals surface area contributed by atoms with Gasteiger partial charge in [-0.05, 0) is 32.8 Å². The molecule has 2 nitrogen and oxygen atoms in total. The first-order valence-electron chi connectivity index (χ1n) is 7.48. The van der Waals surface area contributed by atoms with E-state index in [1.165, 1.54) is 36.0 Å². The van der Waals surface area contributed by atoms with Gasteiger partial charge in [-0.2, -0.15) is 0 Å². The van der Waals surface area contributed by atoms with Crippen LogP contribution in [0, 0.1) is 5.92 Å². The Morgan fingerprint density at radius 3 is 2.89 bits per heavy atom. The molecule has 1 saturated carbocycles. The standard InChI is InChI=1S/C16H21BNO/c1-11-12-7-4-5-9-14(12)17-18(11)15-10-6-8-13(15)16(2,3)19-17/h4-5,7,9,13,15H,6,8,10H2,1-3H3/q+1/t13-,15+/m0/s1. The van der Waals surface area contributed by atoms with Gasteiger partial charge in [-0.1, -0.05) is 18.2 Å². The summed E-state index contributed by atoms with van der Waals surface area (Å²) in [6.07, 6.45) is 3.97. The van der Waals surface area contributed by atoms with Crippen LogP contribution in [0.2, 0.25) is 0 Å². The molecule has 3 heteroatoms. The molecular weight excluding hydrogens is 233 g/mol. The molecule has 1 aromatic carbocycles. The zero-order chi connectivity index (χ0) is 13.2. The fourth-order valence-corrected chi connectivity index (χ4v) is 4.51. The van der Waals surface area contributed by atoms with Gasteiger partial charge in [0.05, 0.1) is 5.60 Å². The molecule has 1 aromatic rings. The topological polar surface area (TPSA) is 12.2 Å². The monoisotopic (exact) mass is 254 g/mol. The summed E-state index contributed by atoms with van der Waals surface area (Å²) in [7, 11) is 0.144. The van der Waals surface area contributed by atoms with Gasteiger partial charge >= 0.3 is 7.05 Å². The van der Waals surface area contributed by atoms with Gasteiger partial charge in [-0.3, -0.25) is 4.49 Å². The Morgan fingerprint density at radius 2 is 2.05 bits per heavy atom. The first kappa shape index (κ1) is 11.7. The van der Waals surface area contributed by atoms with Gasteiger partial charge < -0.3 is 4.65 Å². The fraction of sp³-hybridized carbons (Fsp3) is 0.562. The molecule has 0 N–H and O–H groups in total. The predicted octanol–water partition coefficient (Wildman–Crippen LogP) is 2.19. The molecule has 0 amide bonds. The number of nitrogens with zero attached hydrogens (tertiary/aromatic N) is 1. The molecule has 0 unspecified atom stereocenters. The smallest absolute Gasteiger partial charge is 0.364 e. The molecule has 1 aliphatic carbocycles. The zero-order valence-electron chi connectivity index (χ0n) is 12.0. The molecule has 19 heavy (non-hydrogen) atoms. The van der Waals surface area contributed by atoms with Crippen molar-refractivity contribution in [2.75, 3.05) is 0 Å². The van der Waals surface area contributed by atoms with E-state index >= 15 is 0 Å². The molecule has 2 fully saturated rings. The average molecular weight is 254 g/mol. The van der Waals surface area contributed by atoms with Crippen molar-refractivity contribution in [3.63, 3.8) is 0 Å². The van der Waals surface area contributed by atoms with Crippen molar-refractivity contribution >= 4 is 18.2 Å². The Labute approximate surface area is 115 Å². The van der Waals surface area contributed by atoms with E-state index in [-0.39, 0.29) is 12.7 Å². The van der Waals surface area contributed by atoms with Gasteiger partial charge in [-0.15, -0.1) is 0 Å². The summed E-state index contributed by atoms with van der Waals surface area (Å²) in [5.74, 6) is 0.674. The molecular formula is C16H21BNO+. The molecule has 3 aliphatic rings. The van der Waals surface area contributed by atoms with E-state index in [0.717, 1.165) is 0 Å². The van der Waals surface area contributed by atoms with Gasteiger partial charge in [0.2, 0.25) is 0 Å². The van der Waals surface area contributed by atoms with Crippen molar-refractivity contribution in [2.24, 2.45) is 5.92 Å². The summed E-state index contributed by atoms with van der Waals surface area (Å²) >= 11 is 0. The molecule has 2 heterocycles. The molecule has 0 radical (unpaired) electrons. The Balaban J connectivity index is 1.89. The van der Waals surface area contributed by atoms with Crippen molar-refractivity contribution in [1.29, 1.82) is 0 Å². The predicted molar refractivity (Wildman–Crippen MR) is 78.2 cm³/mol. The van der Waals surface area contributed by atoms with Crippen LogP contribution in [0.4, 0.5) is 0 Å². The number of hydrogen-bond donors (Lipinski definition) is 0. The van der Waals surface area contributed by atoms with E-state index < -0.39 is 0 Å². The Bertz CT molecular complexity index is 578. The van der Waals surface area contributed by atoms with Crippen molar-refractivity contribution < 1.29 is 9.14 Å². The van der Waals surface area contributed by atoms with Gasteiger partial charge in [0, 0.05) is 30.3 Å². The Morgan fingerprint density at radius 1 is 1.26 bits per heavy atom. The van der Waals surface area contributed by atoms with Crippen LogP contribution in [-0.4, -0.2) is 28.9 Å². The highest BCUT2D eigenvalue weighted by Gasteiger charge is 2.61. The minimum atomic E-state index is 0.0000642. The van der Waals surface area contributed by atoms with Crippen LogP contribution in [0.15, 0.2) is 24.3 Å². The summed E-state index contributed by atoms with van der Waals surface area (Å²) < 4.78 is 9.08. The van der Waals surface area contributed by atoms with Gasteiger partial charge in [-0.25, -0.2) is 0 Å². The molecule has 2 atom stereocenters. The van der Waals surface area contributed by atoms with Crippen LogP contribution in [0.5, 0.6) is 0 Å². The first-order chi connectivity index (χ1) is 9.09. The normalized spacial score (nSPS) is 31.2. The van der Waals surface area contributed by atoms with Crippen LogP contribution in [0.1, 0.15) is 45.6 Å². The minimum absolute atomic E-state index is 0.0000642. The molecule has 1 saturated heterocycles. The lowest BCUT2D eigenvalue weighted by molar-refractivity contribution is -0.482. The lowest BCUT2D eigenvalue weighted by Crippen LogP contribution is -2.61. The van der Waals surface area contributed by atoms with E-state index in [2.05, 4.69) is 49.5 Å². The zero-order valence-corrected chi connectivity index (χ0v) is 12.0. The number of fused-ring (bicyclic) bond motifs is 5. The molecule has 2 aliphatic heterocycles. The highest BCUT2D eigenvalue weighted by atomic mass is 16.5. The SMILES string of the molecule is CC1=[N+]2B(OC(C)(C)[C@H]3CCC[C@H]32)c2ccccc21. The van der Waals surface area contributed by atoms with E-state index in [1.807, 2.05) is 0 Å². The quantitative estimate of drug-likeness (QED) is 0.646. The molecule has 4 rings (SSSR count). The number of benzene rings is 1. The Hall–Kier alpha value is -1.09. The summed E-state index contributed by atoms with van der Waals surface area (Å²) in [5.41, 5.74) is 4.15. The molecule has 98 valence electrons. The van der Waals surface area contributed by atoms with Crippen molar-refractivity contribution in [1.82, 2.24) is 0 Å². The lowest BCUT2D eigenvalue weighted by atomic mass is 9.66. The summed E-state index contributed by atoms with van der Waals surface area (Å²) in [6, 6.07) is 9.41. The average Bonchev–Trinajstić information content (AvgIpc) is 2.95. The van der Waals surface area contributed by atoms with Crippen LogP contribution in [-0.2, 0) is 4.65 Å². The fourth-order valence-electron chi connectivity index (χ4n) is 4.51. The summed E-state index contributed by atoms with van der Waals surface area (Å²) in [5, 5.41) is 0. The lowest BCUT2D eigenvalue weighted by Gasteiger charge is -2.40. The molecule has 0 spiro atoms. The first-order valence-corrected chi connectivity index (χ1v) is 7.48. The van der Waals surface area contributed by atoms with E-state index in [1.54, 1.807) is 0 Å². The van der Waals surface area contributed by atoms with E-state index in [4.69, 9.17) is 4.65 Å². The van der Waals surface area contributed by atoms with Crippen LogP contribution in [0.3, 0.4) is 0 Å². The summed E-state index contributed by atoms with van der Waals surface area (Å²) in [6.45, 7) is 6.82. The van der Waals surface area contributed by atoms with Crippen molar-refractivity contribution in [3.8, 4) is 0 Å². The largest absolute Gasteiger partial charge is 0.692 e. The maximum absolute atomic E-state index is 6.51. The second kappa shape index (κ2) is 3.72. The van der Waals surface area contributed by atoms with Crippen molar-refractivity contribution in [3.05, 3.63) is 29.8 Å². The Kier molecular flexibility index (Phi) is 2.30.